The number of hydrogen-bond acceptors (Lipinski definition) is 4. The molecule has 2 rings (SSSR count). The normalized spacial score (nSPS) is 16.6. The van der Waals surface area contributed by atoms with Crippen molar-refractivity contribution in [2.45, 2.75) is 44.9 Å². The highest BCUT2D eigenvalue weighted by molar-refractivity contribution is 7.89. The zero-order valence-electron chi connectivity index (χ0n) is 16.0. The highest BCUT2D eigenvalue weighted by Crippen LogP contribution is 2.26. The second-order valence-electron chi connectivity index (χ2n) is 6.99. The average Bonchev–Trinajstić information content (AvgIpc) is 2.61. The van der Waals surface area contributed by atoms with Crippen LogP contribution in [0, 0.1) is 19.8 Å². The second-order valence-corrected chi connectivity index (χ2v) is 8.89. The maximum atomic E-state index is 12.9. The lowest BCUT2D eigenvalue weighted by Crippen LogP contribution is -2.44. The van der Waals surface area contributed by atoms with Crippen molar-refractivity contribution in [3.63, 3.8) is 0 Å². The van der Waals surface area contributed by atoms with Gasteiger partial charge in [0.05, 0.1) is 4.90 Å². The Morgan fingerprint density at radius 1 is 1.15 bits per heavy atom. The number of carbonyl (C=O) groups excluding carboxylic acids is 1. The third-order valence-corrected chi connectivity index (χ3v) is 6.86. The van der Waals surface area contributed by atoms with E-state index in [0.29, 0.717) is 37.4 Å². The quantitative estimate of drug-likeness (QED) is 0.673. The molecule has 0 atom stereocenters. The van der Waals surface area contributed by atoms with Gasteiger partial charge in [-0.2, -0.15) is 4.31 Å². The van der Waals surface area contributed by atoms with E-state index in [-0.39, 0.29) is 11.8 Å². The fraction of sp³-hybridized carbons (Fsp3) is 0.632. The third kappa shape index (κ3) is 5.28. The Bertz CT molecular complexity index is 711. The summed E-state index contributed by atoms with van der Waals surface area (Å²) in [6.07, 6.45) is 2.21. The predicted octanol–water partition coefficient (Wildman–Crippen LogP) is 1.82. The lowest BCUT2D eigenvalue weighted by Gasteiger charge is -2.31. The van der Waals surface area contributed by atoms with Gasteiger partial charge in [0.2, 0.25) is 15.9 Å². The first-order valence-electron chi connectivity index (χ1n) is 9.42. The van der Waals surface area contributed by atoms with Crippen molar-refractivity contribution < 1.29 is 13.2 Å². The largest absolute Gasteiger partial charge is 0.355 e. The molecule has 0 radical (unpaired) electrons. The first-order valence-corrected chi connectivity index (χ1v) is 10.9. The fourth-order valence-corrected chi connectivity index (χ4v) is 4.98. The van der Waals surface area contributed by atoms with E-state index in [0.717, 1.165) is 30.6 Å². The van der Waals surface area contributed by atoms with Crippen LogP contribution in [-0.2, 0) is 14.8 Å². The molecule has 1 fully saturated rings. The summed E-state index contributed by atoms with van der Waals surface area (Å²) in [6, 6.07) is 5.40. The van der Waals surface area contributed by atoms with Crippen molar-refractivity contribution in [3.8, 4) is 0 Å². The highest BCUT2D eigenvalue weighted by atomic mass is 32.2. The Balaban J connectivity index is 1.88. The number of benzene rings is 1. The third-order valence-electron chi connectivity index (χ3n) is 4.80. The maximum Gasteiger partial charge on any atom is 0.243 e. The molecule has 1 heterocycles. The summed E-state index contributed by atoms with van der Waals surface area (Å²) in [7, 11) is -3.49. The van der Waals surface area contributed by atoms with E-state index >= 15 is 0 Å². The van der Waals surface area contributed by atoms with Gasteiger partial charge in [-0.1, -0.05) is 24.6 Å². The second kappa shape index (κ2) is 9.48. The van der Waals surface area contributed by atoms with Crippen LogP contribution >= 0.6 is 0 Å². The molecule has 0 aliphatic carbocycles. The molecule has 1 amide bonds. The lowest BCUT2D eigenvalue weighted by atomic mass is 9.97. The lowest BCUT2D eigenvalue weighted by molar-refractivity contribution is -0.126. The SMILES string of the molecule is CCCNCCNC(=O)C1CCN(S(=O)(=O)c2ccc(C)cc2C)CC1. The van der Waals surface area contributed by atoms with Crippen molar-refractivity contribution in [3.05, 3.63) is 29.3 Å². The molecule has 0 bridgehead atoms. The molecule has 1 aliphatic heterocycles. The molecule has 0 spiro atoms. The number of nitrogens with one attached hydrogen (secondary N) is 2. The van der Waals surface area contributed by atoms with Gasteiger partial charge in [-0.25, -0.2) is 8.42 Å². The van der Waals surface area contributed by atoms with Gasteiger partial charge in [0.1, 0.15) is 0 Å². The number of nitrogens with zero attached hydrogens (tertiary/aromatic N) is 1. The maximum absolute atomic E-state index is 12.9. The molecular formula is C19H31N3O3S. The van der Waals surface area contributed by atoms with Crippen molar-refractivity contribution >= 4 is 15.9 Å². The van der Waals surface area contributed by atoms with E-state index in [1.165, 1.54) is 4.31 Å². The van der Waals surface area contributed by atoms with E-state index in [1.807, 2.05) is 26.0 Å². The molecule has 1 aromatic carbocycles. The minimum atomic E-state index is -3.49. The van der Waals surface area contributed by atoms with Crippen LogP contribution in [0.4, 0.5) is 0 Å². The molecule has 0 saturated carbocycles. The Labute approximate surface area is 157 Å². The zero-order valence-corrected chi connectivity index (χ0v) is 16.9. The minimum Gasteiger partial charge on any atom is -0.355 e. The van der Waals surface area contributed by atoms with Crippen LogP contribution in [-0.4, -0.2) is 51.4 Å². The summed E-state index contributed by atoms with van der Waals surface area (Å²) in [5.74, 6) is -0.0707. The van der Waals surface area contributed by atoms with Crippen LogP contribution in [0.3, 0.4) is 0 Å². The van der Waals surface area contributed by atoms with Gasteiger partial charge < -0.3 is 10.6 Å². The summed E-state index contributed by atoms with van der Waals surface area (Å²) in [5.41, 5.74) is 1.81. The number of sulfonamides is 1. The van der Waals surface area contributed by atoms with E-state index in [1.54, 1.807) is 6.07 Å². The van der Waals surface area contributed by atoms with Crippen LogP contribution in [0.1, 0.15) is 37.3 Å². The highest BCUT2D eigenvalue weighted by Gasteiger charge is 2.32. The monoisotopic (exact) mass is 381 g/mol. The van der Waals surface area contributed by atoms with Crippen LogP contribution in [0.5, 0.6) is 0 Å². The van der Waals surface area contributed by atoms with Crippen LogP contribution in [0.2, 0.25) is 0 Å². The summed E-state index contributed by atoms with van der Waals surface area (Å²) in [4.78, 5) is 12.6. The van der Waals surface area contributed by atoms with Gasteiger partial charge in [-0.3, -0.25) is 4.79 Å². The van der Waals surface area contributed by atoms with E-state index in [9.17, 15) is 13.2 Å². The molecule has 146 valence electrons. The van der Waals surface area contributed by atoms with Gasteiger partial charge in [-0.05, 0) is 51.3 Å². The Kier molecular flexibility index (Phi) is 7.61. The van der Waals surface area contributed by atoms with Crippen molar-refractivity contribution in [2.24, 2.45) is 5.92 Å². The van der Waals surface area contributed by atoms with Gasteiger partial charge in [0.25, 0.3) is 0 Å². The number of amides is 1. The molecule has 0 unspecified atom stereocenters. The van der Waals surface area contributed by atoms with Crippen LogP contribution in [0.25, 0.3) is 0 Å². The molecule has 26 heavy (non-hydrogen) atoms. The average molecular weight is 382 g/mol. The Morgan fingerprint density at radius 2 is 1.85 bits per heavy atom. The standard InChI is InChI=1S/C19H31N3O3S/c1-4-9-20-10-11-21-19(23)17-7-12-22(13-8-17)26(24,25)18-6-5-15(2)14-16(18)3/h5-6,14,17,20H,4,7-13H2,1-3H3,(H,21,23). The van der Waals surface area contributed by atoms with Crippen molar-refractivity contribution in [2.75, 3.05) is 32.7 Å². The molecule has 2 N–H and O–H groups in total. The molecule has 1 aromatic rings. The van der Waals surface area contributed by atoms with Gasteiger partial charge >= 0.3 is 0 Å². The van der Waals surface area contributed by atoms with E-state index < -0.39 is 10.0 Å². The van der Waals surface area contributed by atoms with Crippen molar-refractivity contribution in [1.82, 2.24) is 14.9 Å². The topological polar surface area (TPSA) is 78.5 Å². The Morgan fingerprint density at radius 3 is 2.46 bits per heavy atom. The summed E-state index contributed by atoms with van der Waals surface area (Å²) in [6.45, 7) is 8.98. The minimum absolute atomic E-state index is 0.0341. The predicted molar refractivity (Wildman–Crippen MR) is 104 cm³/mol. The number of carbonyl (C=O) groups is 1. The Hall–Kier alpha value is -1.44. The number of hydrogen-bond donors (Lipinski definition) is 2. The first-order chi connectivity index (χ1) is 12.4. The summed E-state index contributed by atoms with van der Waals surface area (Å²) < 4.78 is 27.3. The summed E-state index contributed by atoms with van der Waals surface area (Å²) in [5, 5.41) is 6.19. The molecule has 6 nitrogen and oxygen atoms in total. The zero-order chi connectivity index (χ0) is 19.2. The number of rotatable bonds is 8. The number of aryl methyl sites for hydroxylation is 2. The van der Waals surface area contributed by atoms with E-state index in [4.69, 9.17) is 0 Å². The van der Waals surface area contributed by atoms with E-state index in [2.05, 4.69) is 17.6 Å². The van der Waals surface area contributed by atoms with Gasteiger partial charge in [0.15, 0.2) is 0 Å². The summed E-state index contributed by atoms with van der Waals surface area (Å²) >= 11 is 0. The first kappa shape index (κ1) is 20.9. The van der Waals surface area contributed by atoms with Crippen molar-refractivity contribution in [1.29, 1.82) is 0 Å². The molecule has 0 aromatic heterocycles. The number of piperidine rings is 1. The van der Waals surface area contributed by atoms with Gasteiger partial charge in [-0.15, -0.1) is 0 Å². The molecule has 7 heteroatoms. The molecular weight excluding hydrogens is 350 g/mol. The van der Waals surface area contributed by atoms with Gasteiger partial charge in [0, 0.05) is 32.1 Å². The molecule has 1 saturated heterocycles. The van der Waals surface area contributed by atoms with Crippen LogP contribution in [0.15, 0.2) is 23.1 Å². The smallest absolute Gasteiger partial charge is 0.243 e. The molecule has 1 aliphatic rings. The fourth-order valence-electron chi connectivity index (χ4n) is 3.31. The van der Waals surface area contributed by atoms with Crippen LogP contribution < -0.4 is 10.6 Å².